The monoisotopic (exact) mass is 474 g/mol. The molecule has 2 aliphatic heterocycles. The molecule has 6 heteroatoms. The van der Waals surface area contributed by atoms with E-state index in [0.717, 1.165) is 31.6 Å². The van der Waals surface area contributed by atoms with Gasteiger partial charge in [0.05, 0.1) is 12.6 Å². The van der Waals surface area contributed by atoms with Crippen LogP contribution >= 0.6 is 0 Å². The Labute approximate surface area is 202 Å². The topological polar surface area (TPSA) is 42.0 Å². The Morgan fingerprint density at radius 2 is 1.64 bits per heavy atom. The van der Waals surface area contributed by atoms with Gasteiger partial charge in [0.1, 0.15) is 0 Å². The van der Waals surface area contributed by atoms with Gasteiger partial charge in [-0.05, 0) is 82.7 Å². The Kier molecular flexibility index (Phi) is 8.02. The van der Waals surface area contributed by atoms with Crippen LogP contribution < -0.4 is 0 Å². The molecular formula is C27H46N2O3Si. The molecule has 0 bridgehead atoms. The molecule has 0 aliphatic carbocycles. The van der Waals surface area contributed by atoms with E-state index in [2.05, 4.69) is 71.7 Å². The summed E-state index contributed by atoms with van der Waals surface area (Å²) in [5, 5.41) is 0.130. The van der Waals surface area contributed by atoms with Crippen LogP contribution in [0, 0.1) is 5.92 Å². The molecule has 33 heavy (non-hydrogen) atoms. The van der Waals surface area contributed by atoms with Gasteiger partial charge in [-0.1, -0.05) is 51.1 Å². The van der Waals surface area contributed by atoms with E-state index in [4.69, 9.17) is 9.16 Å². The average molecular weight is 475 g/mol. The zero-order valence-electron chi connectivity index (χ0n) is 22.2. The van der Waals surface area contributed by atoms with Crippen molar-refractivity contribution >= 4 is 14.4 Å². The number of amides is 1. The molecule has 2 saturated heterocycles. The Morgan fingerprint density at radius 3 is 2.18 bits per heavy atom. The van der Waals surface area contributed by atoms with Crippen LogP contribution in [-0.4, -0.2) is 62.0 Å². The second-order valence-electron chi connectivity index (χ2n) is 12.4. The summed E-state index contributed by atoms with van der Waals surface area (Å²) in [7, 11) is -1.93. The van der Waals surface area contributed by atoms with Gasteiger partial charge in [0.2, 0.25) is 0 Å². The zero-order chi connectivity index (χ0) is 24.4. The van der Waals surface area contributed by atoms with E-state index in [0.29, 0.717) is 12.5 Å². The van der Waals surface area contributed by atoms with E-state index in [-0.39, 0.29) is 28.8 Å². The van der Waals surface area contributed by atoms with Crippen molar-refractivity contribution < 1.29 is 14.0 Å². The van der Waals surface area contributed by atoms with Crippen molar-refractivity contribution in [2.45, 2.75) is 96.6 Å². The van der Waals surface area contributed by atoms with Crippen LogP contribution in [0.15, 0.2) is 30.3 Å². The van der Waals surface area contributed by atoms with Gasteiger partial charge in [-0.3, -0.25) is 9.80 Å². The molecule has 0 aromatic heterocycles. The number of nitrogens with zero attached hydrogens (tertiary/aromatic N) is 2. The summed E-state index contributed by atoms with van der Waals surface area (Å²) in [5.41, 5.74) is 1.29. The predicted octanol–water partition coefficient (Wildman–Crippen LogP) is 6.47. The van der Waals surface area contributed by atoms with Gasteiger partial charge in [0.25, 0.3) is 0 Å². The molecule has 0 N–H and O–H groups in total. The largest absolute Gasteiger partial charge is 0.439 e. The van der Waals surface area contributed by atoms with E-state index in [9.17, 15) is 4.79 Å². The van der Waals surface area contributed by atoms with Gasteiger partial charge in [0.15, 0.2) is 14.4 Å². The fourth-order valence-electron chi connectivity index (χ4n) is 4.65. The third-order valence-corrected chi connectivity index (χ3v) is 12.6. The number of benzene rings is 1. The number of carbonyl (C=O) groups is 1. The molecule has 2 atom stereocenters. The van der Waals surface area contributed by atoms with Gasteiger partial charge < -0.3 is 9.16 Å². The lowest BCUT2D eigenvalue weighted by atomic mass is 9.90. The van der Waals surface area contributed by atoms with Gasteiger partial charge >= 0.3 is 6.09 Å². The number of likely N-dealkylation sites (tertiary alicyclic amines) is 1. The van der Waals surface area contributed by atoms with Crippen molar-refractivity contribution in [3.8, 4) is 0 Å². The van der Waals surface area contributed by atoms with E-state index in [1.54, 1.807) is 0 Å². The first-order chi connectivity index (χ1) is 15.3. The SMILES string of the molecule is CC(C)(C)N1CCC(CCN2C(=O)OC(c3ccccc3)[C@H]2CO[Si](C)(C)C(C)(C)C)CC1. The third kappa shape index (κ3) is 6.40. The summed E-state index contributed by atoms with van der Waals surface area (Å²) >= 11 is 0. The normalized spacial score (nSPS) is 23.8. The molecule has 0 spiro atoms. The fourth-order valence-corrected chi connectivity index (χ4v) is 5.67. The molecule has 3 rings (SSSR count). The second-order valence-corrected chi connectivity index (χ2v) is 17.2. The Morgan fingerprint density at radius 1 is 1.03 bits per heavy atom. The van der Waals surface area contributed by atoms with Crippen LogP contribution in [0.1, 0.15) is 72.5 Å². The van der Waals surface area contributed by atoms with Gasteiger partial charge in [-0.2, -0.15) is 0 Å². The Balaban J connectivity index is 1.68. The minimum Gasteiger partial charge on any atom is -0.439 e. The molecule has 1 aromatic carbocycles. The molecule has 2 fully saturated rings. The molecule has 5 nitrogen and oxygen atoms in total. The lowest BCUT2D eigenvalue weighted by Gasteiger charge is -2.41. The summed E-state index contributed by atoms with van der Waals surface area (Å²) in [6, 6.07) is 10.1. The number of carbonyl (C=O) groups excluding carboxylic acids is 1. The first-order valence-corrected chi connectivity index (χ1v) is 15.6. The van der Waals surface area contributed by atoms with Crippen molar-refractivity contribution in [1.29, 1.82) is 0 Å². The lowest BCUT2D eigenvalue weighted by molar-refractivity contribution is 0.0804. The molecule has 1 amide bonds. The van der Waals surface area contributed by atoms with Gasteiger partial charge in [0, 0.05) is 12.1 Å². The standard InChI is InChI=1S/C27H46N2O3Si/c1-26(2,3)28-17-14-21(15-18-28)16-19-29-23(20-31-33(7,8)27(4,5)6)24(32-25(29)30)22-12-10-9-11-13-22/h9-13,21,23-24H,14-20H2,1-8H3/t23-,24?/m1/s1. The highest BCUT2D eigenvalue weighted by molar-refractivity contribution is 6.74. The number of hydrogen-bond acceptors (Lipinski definition) is 4. The van der Waals surface area contributed by atoms with Crippen molar-refractivity contribution in [1.82, 2.24) is 9.80 Å². The molecule has 0 radical (unpaired) electrons. The van der Waals surface area contributed by atoms with Crippen molar-refractivity contribution in [2.75, 3.05) is 26.2 Å². The summed E-state index contributed by atoms with van der Waals surface area (Å²) in [6.45, 7) is 21.8. The lowest BCUT2D eigenvalue weighted by Crippen LogP contribution is -2.47. The fraction of sp³-hybridized carbons (Fsp3) is 0.741. The highest BCUT2D eigenvalue weighted by Crippen LogP contribution is 2.39. The zero-order valence-corrected chi connectivity index (χ0v) is 23.2. The van der Waals surface area contributed by atoms with Crippen LogP contribution in [0.25, 0.3) is 0 Å². The van der Waals surface area contributed by atoms with E-state index in [1.165, 1.54) is 12.8 Å². The Bertz CT molecular complexity index is 777. The summed E-state index contributed by atoms with van der Waals surface area (Å²) in [6.07, 6.45) is 2.97. The first-order valence-electron chi connectivity index (χ1n) is 12.7. The maximum atomic E-state index is 13.0. The Hall–Kier alpha value is -1.37. The highest BCUT2D eigenvalue weighted by atomic mass is 28.4. The summed E-state index contributed by atoms with van der Waals surface area (Å²) < 4.78 is 12.5. The van der Waals surface area contributed by atoms with Crippen LogP contribution in [0.4, 0.5) is 4.79 Å². The molecule has 0 saturated carbocycles. The second kappa shape index (κ2) is 10.1. The van der Waals surface area contributed by atoms with Crippen LogP contribution in [-0.2, 0) is 9.16 Å². The van der Waals surface area contributed by atoms with E-state index >= 15 is 0 Å². The molecule has 2 heterocycles. The van der Waals surface area contributed by atoms with Gasteiger partial charge in [-0.25, -0.2) is 4.79 Å². The number of piperidine rings is 1. The number of hydrogen-bond donors (Lipinski definition) is 0. The van der Waals surface area contributed by atoms with Crippen molar-refractivity contribution in [3.63, 3.8) is 0 Å². The first kappa shape index (κ1) is 26.2. The molecule has 2 aliphatic rings. The quantitative estimate of drug-likeness (QED) is 0.425. The molecule has 1 aromatic rings. The number of ether oxygens (including phenoxy) is 1. The smallest absolute Gasteiger partial charge is 0.410 e. The van der Waals surface area contributed by atoms with Crippen molar-refractivity contribution in [2.24, 2.45) is 5.92 Å². The molecule has 1 unspecified atom stereocenters. The molecular weight excluding hydrogens is 428 g/mol. The maximum absolute atomic E-state index is 13.0. The molecule has 186 valence electrons. The highest BCUT2D eigenvalue weighted by Gasteiger charge is 2.45. The average Bonchev–Trinajstić information content (AvgIpc) is 3.05. The predicted molar refractivity (Wildman–Crippen MR) is 138 cm³/mol. The van der Waals surface area contributed by atoms with Gasteiger partial charge in [-0.15, -0.1) is 0 Å². The summed E-state index contributed by atoms with van der Waals surface area (Å²) in [5.74, 6) is 0.661. The number of cyclic esters (lactones) is 1. The van der Waals surface area contributed by atoms with E-state index in [1.807, 2.05) is 23.1 Å². The maximum Gasteiger partial charge on any atom is 0.410 e. The third-order valence-electron chi connectivity index (χ3n) is 8.10. The minimum absolute atomic E-state index is 0.0799. The van der Waals surface area contributed by atoms with Crippen LogP contribution in [0.2, 0.25) is 18.1 Å². The van der Waals surface area contributed by atoms with E-state index < -0.39 is 8.32 Å². The number of rotatable bonds is 7. The van der Waals surface area contributed by atoms with Crippen LogP contribution in [0.5, 0.6) is 0 Å². The van der Waals surface area contributed by atoms with Crippen molar-refractivity contribution in [3.05, 3.63) is 35.9 Å². The minimum atomic E-state index is -1.93. The summed E-state index contributed by atoms with van der Waals surface area (Å²) in [4.78, 5) is 17.5. The van der Waals surface area contributed by atoms with Crippen LogP contribution in [0.3, 0.4) is 0 Å².